The molecular formula is C8H7NO. The second-order valence-electron chi connectivity index (χ2n) is 2.64. The number of aliphatic imine (C=N–C) groups is 1. The predicted molar refractivity (Wildman–Crippen MR) is 37.2 cm³/mol. The van der Waals surface area contributed by atoms with Crippen molar-refractivity contribution in [2.75, 3.05) is 0 Å². The van der Waals surface area contributed by atoms with Crippen molar-refractivity contribution < 1.29 is 4.79 Å². The van der Waals surface area contributed by atoms with E-state index in [9.17, 15) is 4.79 Å². The molecule has 0 unspecified atom stereocenters. The maximum Gasteiger partial charge on any atom is 0.235 e. The third-order valence-corrected chi connectivity index (χ3v) is 2.10. The van der Waals surface area contributed by atoms with E-state index in [2.05, 4.69) is 29.3 Å². The normalized spacial score (nSPS) is 40.2. The molecule has 0 aliphatic heterocycles. The van der Waals surface area contributed by atoms with Gasteiger partial charge in [-0.25, -0.2) is 9.79 Å². The molecule has 0 amide bonds. The van der Waals surface area contributed by atoms with Crippen LogP contribution in [0, 0.1) is 11.8 Å². The van der Waals surface area contributed by atoms with Gasteiger partial charge >= 0.3 is 0 Å². The van der Waals surface area contributed by atoms with Gasteiger partial charge in [0.15, 0.2) is 0 Å². The van der Waals surface area contributed by atoms with Crippen molar-refractivity contribution in [3.63, 3.8) is 0 Å². The van der Waals surface area contributed by atoms with E-state index in [1.807, 2.05) is 0 Å². The first-order valence-electron chi connectivity index (χ1n) is 3.35. The largest absolute Gasteiger partial charge is 0.235 e. The van der Waals surface area contributed by atoms with E-state index in [1.54, 1.807) is 6.08 Å². The summed E-state index contributed by atoms with van der Waals surface area (Å²) in [5.74, 6) is 0.734. The minimum Gasteiger partial charge on any atom is -0.211 e. The monoisotopic (exact) mass is 133 g/mol. The molecule has 0 aromatic carbocycles. The Hall–Kier alpha value is -1.14. The topological polar surface area (TPSA) is 29.4 Å². The number of fused-ring (bicyclic) bond motifs is 2. The Morgan fingerprint density at radius 1 is 1.10 bits per heavy atom. The van der Waals surface area contributed by atoms with E-state index < -0.39 is 0 Å². The third kappa shape index (κ3) is 0.597. The molecule has 0 radical (unpaired) electrons. The molecule has 0 aromatic rings. The standard InChI is InChI=1S/C8H7NO/c10-5-9-8-6-1-2-7(8)4-3-6/h1-4,6-8H. The summed E-state index contributed by atoms with van der Waals surface area (Å²) < 4.78 is 0. The van der Waals surface area contributed by atoms with Gasteiger partial charge in [-0.3, -0.25) is 0 Å². The smallest absolute Gasteiger partial charge is 0.211 e. The van der Waals surface area contributed by atoms with Crippen molar-refractivity contribution in [2.45, 2.75) is 6.04 Å². The van der Waals surface area contributed by atoms with Crippen LogP contribution in [0.5, 0.6) is 0 Å². The van der Waals surface area contributed by atoms with Gasteiger partial charge in [-0.1, -0.05) is 24.3 Å². The number of nitrogens with zero attached hydrogens (tertiary/aromatic N) is 1. The number of rotatable bonds is 1. The number of hydrogen-bond donors (Lipinski definition) is 0. The molecule has 10 heavy (non-hydrogen) atoms. The molecule has 2 rings (SSSR count). The molecule has 0 heterocycles. The Labute approximate surface area is 59.0 Å². The van der Waals surface area contributed by atoms with E-state index in [1.165, 1.54) is 0 Å². The van der Waals surface area contributed by atoms with Crippen LogP contribution in [0.3, 0.4) is 0 Å². The van der Waals surface area contributed by atoms with Crippen molar-refractivity contribution in [3.8, 4) is 0 Å². The lowest BCUT2D eigenvalue weighted by atomic mass is 10.1. The highest BCUT2D eigenvalue weighted by molar-refractivity contribution is 5.38. The molecule has 2 heteroatoms. The molecule has 2 bridgehead atoms. The van der Waals surface area contributed by atoms with Gasteiger partial charge in [0.05, 0.1) is 6.04 Å². The van der Waals surface area contributed by atoms with Gasteiger partial charge in [0.25, 0.3) is 0 Å². The number of isocyanates is 1. The summed E-state index contributed by atoms with van der Waals surface area (Å²) in [5, 5.41) is 0. The van der Waals surface area contributed by atoms with Gasteiger partial charge in [-0.05, 0) is 0 Å². The van der Waals surface area contributed by atoms with Crippen LogP contribution in [-0.4, -0.2) is 12.1 Å². The van der Waals surface area contributed by atoms with Gasteiger partial charge in [0.1, 0.15) is 0 Å². The minimum atomic E-state index is 0.137. The summed E-state index contributed by atoms with van der Waals surface area (Å²) in [6.07, 6.45) is 9.98. The first-order chi connectivity index (χ1) is 4.92. The van der Waals surface area contributed by atoms with E-state index >= 15 is 0 Å². The van der Waals surface area contributed by atoms with Crippen molar-refractivity contribution in [1.82, 2.24) is 0 Å². The second kappa shape index (κ2) is 1.93. The number of hydrogen-bond acceptors (Lipinski definition) is 2. The predicted octanol–water partition coefficient (Wildman–Crippen LogP) is 1.06. The fraction of sp³-hybridized carbons (Fsp3) is 0.375. The molecule has 0 spiro atoms. The highest BCUT2D eigenvalue weighted by Crippen LogP contribution is 2.34. The molecule has 0 N–H and O–H groups in total. The molecule has 0 atom stereocenters. The fourth-order valence-corrected chi connectivity index (χ4v) is 1.59. The molecule has 0 saturated heterocycles. The molecule has 2 aliphatic carbocycles. The van der Waals surface area contributed by atoms with E-state index in [0.717, 1.165) is 0 Å². The number of carbonyl (C=O) groups excluding carboxylic acids is 1. The lowest BCUT2D eigenvalue weighted by Gasteiger charge is -2.05. The quantitative estimate of drug-likeness (QED) is 0.299. The molecule has 0 saturated carbocycles. The van der Waals surface area contributed by atoms with Crippen LogP contribution in [0.15, 0.2) is 29.3 Å². The van der Waals surface area contributed by atoms with Crippen LogP contribution in [0.4, 0.5) is 0 Å². The SMILES string of the molecule is O=C=NC1C2C=CC1C=C2. The van der Waals surface area contributed by atoms with E-state index in [0.29, 0.717) is 11.8 Å². The van der Waals surface area contributed by atoms with Crippen molar-refractivity contribution in [2.24, 2.45) is 16.8 Å². The van der Waals surface area contributed by atoms with Crippen LogP contribution in [0.1, 0.15) is 0 Å². The molecular weight excluding hydrogens is 126 g/mol. The Morgan fingerprint density at radius 3 is 2.00 bits per heavy atom. The second-order valence-corrected chi connectivity index (χ2v) is 2.64. The van der Waals surface area contributed by atoms with Crippen LogP contribution >= 0.6 is 0 Å². The first kappa shape index (κ1) is 5.63. The Kier molecular flexibility index (Phi) is 1.08. The van der Waals surface area contributed by atoms with Crippen molar-refractivity contribution >= 4 is 6.08 Å². The molecule has 0 fully saturated rings. The van der Waals surface area contributed by atoms with E-state index in [-0.39, 0.29) is 6.04 Å². The summed E-state index contributed by atoms with van der Waals surface area (Å²) in [6.45, 7) is 0. The average Bonchev–Trinajstić information content (AvgIpc) is 2.50. The van der Waals surface area contributed by atoms with Gasteiger partial charge in [-0.2, -0.15) is 0 Å². The fourth-order valence-electron chi connectivity index (χ4n) is 1.59. The highest BCUT2D eigenvalue weighted by Gasteiger charge is 2.32. The zero-order chi connectivity index (χ0) is 6.97. The lowest BCUT2D eigenvalue weighted by molar-refractivity contribution is 0.541. The molecule has 2 nitrogen and oxygen atoms in total. The van der Waals surface area contributed by atoms with Crippen LogP contribution in [-0.2, 0) is 4.79 Å². The summed E-state index contributed by atoms with van der Waals surface area (Å²) in [4.78, 5) is 13.7. The van der Waals surface area contributed by atoms with Gasteiger partial charge in [0, 0.05) is 11.8 Å². The van der Waals surface area contributed by atoms with Crippen LogP contribution in [0.2, 0.25) is 0 Å². The summed E-state index contributed by atoms with van der Waals surface area (Å²) in [7, 11) is 0. The molecule has 50 valence electrons. The van der Waals surface area contributed by atoms with E-state index in [4.69, 9.17) is 0 Å². The van der Waals surface area contributed by atoms with Gasteiger partial charge in [0.2, 0.25) is 6.08 Å². The van der Waals surface area contributed by atoms with Crippen LogP contribution in [0.25, 0.3) is 0 Å². The zero-order valence-corrected chi connectivity index (χ0v) is 5.40. The van der Waals surface area contributed by atoms with Crippen molar-refractivity contribution in [3.05, 3.63) is 24.3 Å². The minimum absolute atomic E-state index is 0.137. The first-order valence-corrected chi connectivity index (χ1v) is 3.35. The van der Waals surface area contributed by atoms with Gasteiger partial charge < -0.3 is 0 Å². The van der Waals surface area contributed by atoms with Gasteiger partial charge in [-0.15, -0.1) is 0 Å². The lowest BCUT2D eigenvalue weighted by Crippen LogP contribution is -2.11. The summed E-state index contributed by atoms with van der Waals surface area (Å²) in [6, 6.07) is 0.137. The Balaban J connectivity index is 2.25. The third-order valence-electron chi connectivity index (χ3n) is 2.10. The Morgan fingerprint density at radius 2 is 1.60 bits per heavy atom. The summed E-state index contributed by atoms with van der Waals surface area (Å²) >= 11 is 0. The highest BCUT2D eigenvalue weighted by atomic mass is 16.1. The Bertz CT molecular complexity index is 218. The molecule has 0 aromatic heterocycles. The van der Waals surface area contributed by atoms with Crippen molar-refractivity contribution in [1.29, 1.82) is 0 Å². The average molecular weight is 133 g/mol. The summed E-state index contributed by atoms with van der Waals surface area (Å²) in [5.41, 5.74) is 0. The molecule has 2 aliphatic rings. The maximum atomic E-state index is 9.93. The van der Waals surface area contributed by atoms with Crippen LogP contribution < -0.4 is 0 Å². The maximum absolute atomic E-state index is 9.93. The zero-order valence-electron chi connectivity index (χ0n) is 5.40.